The lowest BCUT2D eigenvalue weighted by Gasteiger charge is -2.19. The number of unbranched alkanes of at least 4 members (excludes halogenated alkanes) is 1. The average Bonchev–Trinajstić information content (AvgIpc) is 3.78. The van der Waals surface area contributed by atoms with E-state index < -0.39 is 28.0 Å². The molecule has 3 atom stereocenters. The van der Waals surface area contributed by atoms with Crippen LogP contribution in [0.5, 0.6) is 0 Å². The van der Waals surface area contributed by atoms with Crippen molar-refractivity contribution in [3.8, 4) is 11.1 Å². The topological polar surface area (TPSA) is 222 Å². The summed E-state index contributed by atoms with van der Waals surface area (Å²) < 4.78 is 31.0. The van der Waals surface area contributed by atoms with Crippen LogP contribution in [0, 0.1) is 0 Å². The highest BCUT2D eigenvalue weighted by atomic mass is 32.2. The Labute approximate surface area is 293 Å². The summed E-state index contributed by atoms with van der Waals surface area (Å²) in [5.74, 6) is -1.34. The molecular weight excluding hydrogens is 691 g/mol. The number of H-pyrrole nitrogens is 1. The number of ketones is 1. The van der Waals surface area contributed by atoms with Gasteiger partial charge in [-0.1, -0.05) is 30.3 Å². The number of nitrogens with zero attached hydrogens (tertiary/aromatic N) is 2. The van der Waals surface area contributed by atoms with Crippen LogP contribution in [0.25, 0.3) is 11.1 Å². The molecule has 1 aliphatic carbocycles. The predicted octanol–water partition coefficient (Wildman–Crippen LogP) is 2.41. The third kappa shape index (κ3) is 10.1. The van der Waals surface area contributed by atoms with Crippen LogP contribution >= 0.6 is 11.8 Å². The van der Waals surface area contributed by atoms with Crippen molar-refractivity contribution < 1.29 is 46.4 Å². The molecule has 0 spiro atoms. The van der Waals surface area contributed by atoms with E-state index in [0.29, 0.717) is 24.2 Å². The lowest BCUT2D eigenvalue weighted by molar-refractivity contribution is -0.138. The fraction of sp³-hybridized carbons (Fsp3) is 0.394. The number of imidazole rings is 1. The summed E-state index contributed by atoms with van der Waals surface area (Å²) >= 11 is 1.33. The summed E-state index contributed by atoms with van der Waals surface area (Å²) in [5, 5.41) is 14.3. The maximum absolute atomic E-state index is 13.0. The summed E-state index contributed by atoms with van der Waals surface area (Å²) in [5.41, 5.74) is 5.02. The molecule has 15 nitrogen and oxygen atoms in total. The number of amides is 4. The van der Waals surface area contributed by atoms with E-state index >= 15 is 0 Å². The van der Waals surface area contributed by atoms with Crippen LogP contribution in [-0.4, -0.2) is 99.5 Å². The number of hydrogen-bond acceptors (Lipinski definition) is 12. The van der Waals surface area contributed by atoms with E-state index in [1.165, 1.54) is 18.1 Å². The number of Topliss-reactive ketones (excluding diaryl/α,β-unsaturated/α-hetero) is 1. The number of thioether (sulfide) groups is 1. The number of alkyl carbamates (subject to hydrolysis) is 1. The highest BCUT2D eigenvalue weighted by Gasteiger charge is 2.38. The van der Waals surface area contributed by atoms with E-state index in [2.05, 4.69) is 20.6 Å². The SMILES string of the molecule is CSC1CC(=O)N(CCC(=O)Nc2ccc3c(c2)C(COC(=O)NC(Cc2cnc[nH]2)C(=O)CCCCO)c2ccccc2-3)C1=O.O=S(=O)=O. The van der Waals surface area contributed by atoms with E-state index in [-0.39, 0.29) is 74.9 Å². The number of anilines is 1. The zero-order valence-corrected chi connectivity index (χ0v) is 28.8. The van der Waals surface area contributed by atoms with E-state index in [1.54, 1.807) is 18.5 Å². The Hall–Kier alpha value is -4.87. The van der Waals surface area contributed by atoms with Gasteiger partial charge in [0.05, 0.1) is 17.6 Å². The molecule has 4 N–H and O–H groups in total. The van der Waals surface area contributed by atoms with E-state index in [4.69, 9.17) is 22.5 Å². The molecule has 0 saturated carbocycles. The first-order valence-electron chi connectivity index (χ1n) is 15.7. The van der Waals surface area contributed by atoms with Crippen molar-refractivity contribution in [2.24, 2.45) is 0 Å². The number of aliphatic hydroxyl groups is 1. The minimum absolute atomic E-state index is 0.00147. The van der Waals surface area contributed by atoms with Crippen molar-refractivity contribution in [1.29, 1.82) is 0 Å². The molecule has 266 valence electrons. The Bertz CT molecular complexity index is 1810. The van der Waals surface area contributed by atoms with Gasteiger partial charge in [0, 0.05) is 62.3 Å². The average molecular weight is 728 g/mol. The van der Waals surface area contributed by atoms with Gasteiger partial charge in [0.25, 0.3) is 0 Å². The van der Waals surface area contributed by atoms with Crippen molar-refractivity contribution in [1.82, 2.24) is 20.2 Å². The number of aliphatic hydroxyl groups excluding tert-OH is 1. The standard InChI is InChI=1S/C33H37N5O7S.O3S/c1-46-29-16-31(42)38(32(29)43)12-11-30(41)36-20-9-10-24-22-6-2-3-7-23(22)26(25(24)14-20)18-45-33(44)37-27(15-21-17-34-19-35-21)28(40)8-4-5-13-39;1-4(2)3/h2-3,6-7,9-10,14,17,19,26-27,29,39H,4-5,8,11-13,15-16,18H2,1H3,(H,34,35)(H,36,41)(H,37,44);. The van der Waals surface area contributed by atoms with Gasteiger partial charge in [-0.15, -0.1) is 12.6 Å². The first-order valence-corrected chi connectivity index (χ1v) is 18.0. The molecule has 2 aliphatic rings. The number of nitrogens with one attached hydrogen (secondary N) is 3. The van der Waals surface area contributed by atoms with Gasteiger partial charge < -0.3 is 25.5 Å². The van der Waals surface area contributed by atoms with E-state index in [0.717, 1.165) is 27.2 Å². The van der Waals surface area contributed by atoms with Crippen molar-refractivity contribution in [2.75, 3.05) is 31.3 Å². The van der Waals surface area contributed by atoms with Crippen LogP contribution in [0.1, 0.15) is 54.8 Å². The Morgan fingerprint density at radius 2 is 1.82 bits per heavy atom. The maximum Gasteiger partial charge on any atom is 0.425 e. The number of hydrogen-bond donors (Lipinski definition) is 4. The maximum atomic E-state index is 13.0. The molecule has 3 unspecified atom stereocenters. The quantitative estimate of drug-likeness (QED) is 0.131. The molecule has 1 fully saturated rings. The molecule has 50 heavy (non-hydrogen) atoms. The highest BCUT2D eigenvalue weighted by Crippen LogP contribution is 2.45. The molecule has 1 saturated heterocycles. The number of rotatable bonds is 15. The van der Waals surface area contributed by atoms with Crippen molar-refractivity contribution in [2.45, 2.75) is 55.7 Å². The Kier molecular flexibility index (Phi) is 13.8. The van der Waals surface area contributed by atoms with Crippen molar-refractivity contribution in [3.63, 3.8) is 0 Å². The molecule has 2 aromatic carbocycles. The van der Waals surface area contributed by atoms with E-state index in [1.807, 2.05) is 36.4 Å². The summed E-state index contributed by atoms with van der Waals surface area (Å²) in [6.45, 7) is 0.00932. The van der Waals surface area contributed by atoms with Gasteiger partial charge >= 0.3 is 16.7 Å². The number of likely N-dealkylation sites (tertiary alicyclic amines) is 1. The Morgan fingerprint density at radius 1 is 1.08 bits per heavy atom. The number of carbonyl (C=O) groups excluding carboxylic acids is 5. The third-order valence-electron chi connectivity index (χ3n) is 8.26. The van der Waals surface area contributed by atoms with E-state index in [9.17, 15) is 24.0 Å². The minimum Gasteiger partial charge on any atom is -0.449 e. The summed E-state index contributed by atoms with van der Waals surface area (Å²) in [4.78, 5) is 71.4. The molecule has 4 amide bonds. The second-order valence-corrected chi connectivity index (χ2v) is 12.9. The molecule has 1 aliphatic heterocycles. The Balaban J connectivity index is 0.00000133. The lowest BCUT2D eigenvalue weighted by atomic mass is 9.97. The van der Waals surface area contributed by atoms with Gasteiger partial charge in [-0.3, -0.25) is 24.1 Å². The van der Waals surface area contributed by atoms with Crippen LogP contribution in [0.2, 0.25) is 0 Å². The molecule has 1 aromatic heterocycles. The number of carbonyl (C=O) groups is 5. The van der Waals surface area contributed by atoms with Crippen LogP contribution in [0.15, 0.2) is 55.0 Å². The van der Waals surface area contributed by atoms with Gasteiger partial charge in [-0.25, -0.2) is 9.78 Å². The predicted molar refractivity (Wildman–Crippen MR) is 182 cm³/mol. The first-order chi connectivity index (χ1) is 24.0. The summed E-state index contributed by atoms with van der Waals surface area (Å²) in [7, 11) is -3.11. The molecular formula is C33H37N5O10S2. The second kappa shape index (κ2) is 18.2. The van der Waals surface area contributed by atoms with Crippen LogP contribution in [0.3, 0.4) is 0 Å². The molecule has 3 aromatic rings. The zero-order valence-electron chi connectivity index (χ0n) is 27.1. The molecule has 0 radical (unpaired) electrons. The number of aromatic nitrogens is 2. The second-order valence-electron chi connectivity index (χ2n) is 11.5. The monoisotopic (exact) mass is 727 g/mol. The number of benzene rings is 2. The largest absolute Gasteiger partial charge is 0.449 e. The third-order valence-corrected chi connectivity index (χ3v) is 9.20. The lowest BCUT2D eigenvalue weighted by Crippen LogP contribution is -2.43. The summed E-state index contributed by atoms with van der Waals surface area (Å²) in [6.07, 6.45) is 5.71. The fourth-order valence-electron chi connectivity index (χ4n) is 5.87. The van der Waals surface area contributed by atoms with Gasteiger partial charge in [-0.05, 0) is 53.5 Å². The molecule has 2 heterocycles. The fourth-order valence-corrected chi connectivity index (χ4v) is 6.50. The van der Waals surface area contributed by atoms with Crippen molar-refractivity contribution >= 4 is 57.7 Å². The smallest absolute Gasteiger partial charge is 0.425 e. The Morgan fingerprint density at radius 3 is 2.50 bits per heavy atom. The molecule has 0 bridgehead atoms. The number of fused-ring (bicyclic) bond motifs is 3. The summed E-state index contributed by atoms with van der Waals surface area (Å²) in [6, 6.07) is 12.5. The molecule has 17 heteroatoms. The number of aromatic amines is 1. The number of imide groups is 1. The highest BCUT2D eigenvalue weighted by molar-refractivity contribution is 8.00. The van der Waals surface area contributed by atoms with Crippen molar-refractivity contribution in [3.05, 3.63) is 71.8 Å². The van der Waals surface area contributed by atoms with Gasteiger partial charge in [0.1, 0.15) is 6.61 Å². The van der Waals surface area contributed by atoms with Gasteiger partial charge in [0.2, 0.25) is 17.7 Å². The van der Waals surface area contributed by atoms with Crippen LogP contribution in [0.4, 0.5) is 10.5 Å². The molecule has 5 rings (SSSR count). The van der Waals surface area contributed by atoms with Gasteiger partial charge in [-0.2, -0.15) is 11.8 Å². The normalized spacial score (nSPS) is 16.5. The van der Waals surface area contributed by atoms with Crippen LogP contribution < -0.4 is 10.6 Å². The zero-order chi connectivity index (χ0) is 36.2. The number of ether oxygens (including phenoxy) is 1. The van der Waals surface area contributed by atoms with Crippen LogP contribution in [-0.2, 0) is 40.9 Å². The first kappa shape index (κ1) is 37.9. The van der Waals surface area contributed by atoms with Gasteiger partial charge in [0.15, 0.2) is 5.78 Å². The minimum atomic E-state index is -3.11.